The molecule has 1 aromatic carbocycles. The molecule has 0 aromatic heterocycles. The van der Waals surface area contributed by atoms with E-state index in [1.807, 2.05) is 24.3 Å². The van der Waals surface area contributed by atoms with Crippen LogP contribution in [0.15, 0.2) is 24.3 Å². The Hall–Kier alpha value is -2.04. The molecule has 1 aromatic rings. The van der Waals surface area contributed by atoms with E-state index in [1.165, 1.54) is 0 Å². The number of carbonyl (C=O) groups is 1. The van der Waals surface area contributed by atoms with Gasteiger partial charge in [-0.1, -0.05) is 18.2 Å². The van der Waals surface area contributed by atoms with Crippen molar-refractivity contribution in [3.05, 3.63) is 29.8 Å². The Bertz CT molecular complexity index is 391. The topological polar surface area (TPSA) is 88.2 Å². The summed E-state index contributed by atoms with van der Waals surface area (Å²) >= 11 is 0. The van der Waals surface area contributed by atoms with Gasteiger partial charge in [-0.2, -0.15) is 0 Å². The minimum absolute atomic E-state index is 0.0743. The van der Waals surface area contributed by atoms with Gasteiger partial charge in [0.05, 0.1) is 19.4 Å². The predicted molar refractivity (Wildman–Crippen MR) is 61.4 cm³/mol. The molecule has 5 heteroatoms. The predicted octanol–water partition coefficient (Wildman–Crippen LogP) is 0.637. The summed E-state index contributed by atoms with van der Waals surface area (Å²) in [6, 6.07) is 7.42. The molecule has 0 atom stereocenters. The average molecular weight is 221 g/mol. The minimum atomic E-state index is -0.265. The Kier molecular flexibility index (Phi) is 4.32. The van der Waals surface area contributed by atoms with Gasteiger partial charge in [0.15, 0.2) is 0 Å². The second-order valence-electron chi connectivity index (χ2n) is 3.29. The first-order chi connectivity index (χ1) is 7.63. The lowest BCUT2D eigenvalue weighted by molar-refractivity contribution is -0.120. The number of rotatable bonds is 5. The van der Waals surface area contributed by atoms with Crippen LogP contribution in [0.1, 0.15) is 12.0 Å². The van der Waals surface area contributed by atoms with Crippen molar-refractivity contribution >= 4 is 11.7 Å². The molecule has 5 nitrogen and oxygen atoms in total. The lowest BCUT2D eigenvalue weighted by Crippen LogP contribution is -2.27. The third kappa shape index (κ3) is 3.61. The van der Waals surface area contributed by atoms with Crippen LogP contribution in [0.3, 0.4) is 0 Å². The molecule has 0 saturated heterocycles. The zero-order valence-corrected chi connectivity index (χ0v) is 9.12. The normalized spacial score (nSPS) is 9.56. The van der Waals surface area contributed by atoms with Gasteiger partial charge in [0.25, 0.3) is 0 Å². The van der Waals surface area contributed by atoms with E-state index in [0.717, 1.165) is 11.3 Å². The summed E-state index contributed by atoms with van der Waals surface area (Å²) in [6.45, 7) is 0.371. The van der Waals surface area contributed by atoms with Crippen LogP contribution in [-0.2, 0) is 11.3 Å². The SMILES string of the molecule is COc1ccccc1CNC(=O)CC(=N)N. The summed E-state index contributed by atoms with van der Waals surface area (Å²) < 4.78 is 5.14. The van der Waals surface area contributed by atoms with Crippen LogP contribution in [0.5, 0.6) is 5.75 Å². The number of hydrogen-bond acceptors (Lipinski definition) is 3. The molecule has 4 N–H and O–H groups in total. The van der Waals surface area contributed by atoms with Crippen molar-refractivity contribution in [3.63, 3.8) is 0 Å². The molecule has 0 aliphatic heterocycles. The summed E-state index contributed by atoms with van der Waals surface area (Å²) in [5, 5.41) is 9.64. The number of methoxy groups -OCH3 is 1. The first kappa shape index (κ1) is 12.0. The van der Waals surface area contributed by atoms with Gasteiger partial charge in [-0.15, -0.1) is 0 Å². The molecule has 0 radical (unpaired) electrons. The van der Waals surface area contributed by atoms with Crippen LogP contribution in [0.4, 0.5) is 0 Å². The maximum absolute atomic E-state index is 11.3. The van der Waals surface area contributed by atoms with Gasteiger partial charge in [0.1, 0.15) is 5.75 Å². The van der Waals surface area contributed by atoms with Gasteiger partial charge in [0.2, 0.25) is 5.91 Å². The third-order valence-corrected chi connectivity index (χ3v) is 2.02. The summed E-state index contributed by atoms with van der Waals surface area (Å²) in [7, 11) is 1.58. The van der Waals surface area contributed by atoms with Crippen molar-refractivity contribution in [2.24, 2.45) is 5.73 Å². The fourth-order valence-electron chi connectivity index (χ4n) is 1.28. The maximum Gasteiger partial charge on any atom is 0.227 e. The number of nitrogens with two attached hydrogens (primary N) is 1. The van der Waals surface area contributed by atoms with Crippen molar-refractivity contribution in [1.29, 1.82) is 5.41 Å². The average Bonchev–Trinajstić information content (AvgIpc) is 2.26. The van der Waals surface area contributed by atoms with E-state index in [9.17, 15) is 4.79 Å². The molecule has 0 heterocycles. The van der Waals surface area contributed by atoms with Gasteiger partial charge < -0.3 is 15.8 Å². The standard InChI is InChI=1S/C11H15N3O2/c1-16-9-5-3-2-4-8(9)7-14-11(15)6-10(12)13/h2-5H,6-7H2,1H3,(H3,12,13)(H,14,15). The second kappa shape index (κ2) is 5.75. The van der Waals surface area contributed by atoms with E-state index in [2.05, 4.69) is 5.32 Å². The molecule has 1 amide bonds. The molecule has 0 spiro atoms. The van der Waals surface area contributed by atoms with Crippen molar-refractivity contribution in [3.8, 4) is 5.75 Å². The maximum atomic E-state index is 11.3. The number of hydrogen-bond donors (Lipinski definition) is 3. The Morgan fingerprint density at radius 2 is 2.19 bits per heavy atom. The van der Waals surface area contributed by atoms with E-state index in [-0.39, 0.29) is 18.2 Å². The minimum Gasteiger partial charge on any atom is -0.496 e. The Labute approximate surface area is 94.1 Å². The largest absolute Gasteiger partial charge is 0.496 e. The molecule has 0 bridgehead atoms. The highest BCUT2D eigenvalue weighted by atomic mass is 16.5. The van der Waals surface area contributed by atoms with Crippen LogP contribution in [0, 0.1) is 5.41 Å². The summed E-state index contributed by atoms with van der Waals surface area (Å²) in [4.78, 5) is 11.3. The highest BCUT2D eigenvalue weighted by Crippen LogP contribution is 2.16. The van der Waals surface area contributed by atoms with Crippen LogP contribution in [0.2, 0.25) is 0 Å². The second-order valence-corrected chi connectivity index (χ2v) is 3.29. The number of ether oxygens (including phenoxy) is 1. The summed E-state index contributed by atoms with van der Waals surface area (Å²) in [5.74, 6) is 0.321. The molecule has 16 heavy (non-hydrogen) atoms. The molecular formula is C11H15N3O2. The fourth-order valence-corrected chi connectivity index (χ4v) is 1.28. The number of para-hydroxylation sites is 1. The van der Waals surface area contributed by atoms with E-state index in [4.69, 9.17) is 15.9 Å². The van der Waals surface area contributed by atoms with Gasteiger partial charge >= 0.3 is 0 Å². The van der Waals surface area contributed by atoms with E-state index in [1.54, 1.807) is 7.11 Å². The molecule has 86 valence electrons. The Morgan fingerprint density at radius 3 is 2.81 bits per heavy atom. The quantitative estimate of drug-likeness (QED) is 0.503. The molecule has 1 rings (SSSR count). The molecule has 0 aliphatic rings. The van der Waals surface area contributed by atoms with E-state index < -0.39 is 0 Å². The monoisotopic (exact) mass is 221 g/mol. The lowest BCUT2D eigenvalue weighted by atomic mass is 10.2. The highest BCUT2D eigenvalue weighted by molar-refractivity contribution is 5.97. The molecule has 0 aliphatic carbocycles. The third-order valence-electron chi connectivity index (χ3n) is 2.02. The van der Waals surface area contributed by atoms with Crippen LogP contribution in [0.25, 0.3) is 0 Å². The Morgan fingerprint density at radius 1 is 1.50 bits per heavy atom. The molecule has 0 fully saturated rings. The van der Waals surface area contributed by atoms with Gasteiger partial charge in [-0.3, -0.25) is 10.2 Å². The Balaban J connectivity index is 2.54. The molecular weight excluding hydrogens is 206 g/mol. The van der Waals surface area contributed by atoms with Gasteiger partial charge in [-0.05, 0) is 6.07 Å². The zero-order chi connectivity index (χ0) is 12.0. The first-order valence-corrected chi connectivity index (χ1v) is 4.85. The summed E-state index contributed by atoms with van der Waals surface area (Å²) in [5.41, 5.74) is 6.01. The zero-order valence-electron chi connectivity index (χ0n) is 9.12. The lowest BCUT2D eigenvalue weighted by Gasteiger charge is -2.09. The van der Waals surface area contributed by atoms with Crippen molar-refractivity contribution in [2.45, 2.75) is 13.0 Å². The first-order valence-electron chi connectivity index (χ1n) is 4.85. The highest BCUT2D eigenvalue weighted by Gasteiger charge is 2.05. The van der Waals surface area contributed by atoms with E-state index in [0.29, 0.717) is 6.54 Å². The number of amides is 1. The van der Waals surface area contributed by atoms with Crippen LogP contribution < -0.4 is 15.8 Å². The smallest absolute Gasteiger partial charge is 0.227 e. The number of amidine groups is 1. The van der Waals surface area contributed by atoms with Crippen LogP contribution >= 0.6 is 0 Å². The van der Waals surface area contributed by atoms with Crippen molar-refractivity contribution < 1.29 is 9.53 Å². The molecule has 0 unspecified atom stereocenters. The van der Waals surface area contributed by atoms with Gasteiger partial charge in [0, 0.05) is 12.1 Å². The van der Waals surface area contributed by atoms with Crippen molar-refractivity contribution in [1.82, 2.24) is 5.32 Å². The fraction of sp³-hybridized carbons (Fsp3) is 0.273. The number of nitrogens with one attached hydrogen (secondary N) is 2. The number of carbonyl (C=O) groups excluding carboxylic acids is 1. The van der Waals surface area contributed by atoms with Crippen molar-refractivity contribution in [2.75, 3.05) is 7.11 Å². The van der Waals surface area contributed by atoms with E-state index >= 15 is 0 Å². The molecule has 0 saturated carbocycles. The van der Waals surface area contributed by atoms with Crippen LogP contribution in [-0.4, -0.2) is 18.9 Å². The summed E-state index contributed by atoms with van der Waals surface area (Å²) in [6.07, 6.45) is -0.0743. The van der Waals surface area contributed by atoms with Gasteiger partial charge in [-0.25, -0.2) is 0 Å². The number of benzene rings is 1.